The lowest BCUT2D eigenvalue weighted by Gasteiger charge is -2.31. The highest BCUT2D eigenvalue weighted by Crippen LogP contribution is 2.29. The topological polar surface area (TPSA) is 107 Å². The smallest absolute Gasteiger partial charge is 0.254 e. The number of nitrogens with one attached hydrogen (secondary N) is 1. The molecule has 0 aromatic carbocycles. The third-order valence-electron chi connectivity index (χ3n) is 3.43. The van der Waals surface area contributed by atoms with Crippen LogP contribution in [0.2, 0.25) is 0 Å². The molecule has 6 atom stereocenters. The Morgan fingerprint density at radius 1 is 1.42 bits per heavy atom. The Bertz CT molecular complexity index is 445. The van der Waals surface area contributed by atoms with Crippen LogP contribution in [-0.2, 0) is 9.53 Å². The van der Waals surface area contributed by atoms with Crippen LogP contribution in [0.5, 0.6) is 0 Å². The first-order valence-corrected chi connectivity index (χ1v) is 6.37. The molecule has 3 rings (SSSR count). The highest BCUT2D eigenvalue weighted by Gasteiger charge is 2.50. The molecule has 8 nitrogen and oxygen atoms in total. The van der Waals surface area contributed by atoms with Gasteiger partial charge >= 0.3 is 0 Å². The zero-order valence-electron chi connectivity index (χ0n) is 9.76. The molecule has 1 amide bonds. The molecule has 1 fully saturated rings. The number of aliphatic hydroxyl groups excluding tert-OH is 2. The standard InChI is InChI=1S/C10H13ClN4O4/c11-1-4-6(16)7(17)10(19-4)15-3-14-5-8(15)12-2-13-9(5)18/h2-8,10,16-17H,1H2,(H,12,13,18). The van der Waals surface area contributed by atoms with E-state index in [1.807, 2.05) is 0 Å². The van der Waals surface area contributed by atoms with Crippen LogP contribution >= 0.6 is 11.6 Å². The van der Waals surface area contributed by atoms with Gasteiger partial charge in [0.15, 0.2) is 18.4 Å². The predicted molar refractivity (Wildman–Crippen MR) is 65.9 cm³/mol. The maximum absolute atomic E-state index is 11.6. The van der Waals surface area contributed by atoms with Crippen molar-refractivity contribution >= 4 is 30.2 Å². The average Bonchev–Trinajstić information content (AvgIpc) is 2.94. The Hall–Kier alpha value is -1.22. The summed E-state index contributed by atoms with van der Waals surface area (Å²) in [5, 5.41) is 22.2. The molecule has 0 aromatic rings. The van der Waals surface area contributed by atoms with Crippen LogP contribution in [0.4, 0.5) is 0 Å². The van der Waals surface area contributed by atoms with Crippen molar-refractivity contribution in [2.75, 3.05) is 5.88 Å². The first kappa shape index (κ1) is 12.8. The Labute approximate surface area is 113 Å². The van der Waals surface area contributed by atoms with Gasteiger partial charge in [0.2, 0.25) is 0 Å². The molecule has 6 unspecified atom stereocenters. The number of aliphatic imine (C=N–C) groups is 2. The normalized spacial score (nSPS) is 44.6. The number of carbonyl (C=O) groups excluding carboxylic acids is 1. The van der Waals surface area contributed by atoms with E-state index >= 15 is 0 Å². The molecule has 104 valence electrons. The molecular weight excluding hydrogens is 276 g/mol. The molecule has 19 heavy (non-hydrogen) atoms. The number of alkyl halides is 1. The molecule has 0 saturated carbocycles. The second-order valence-corrected chi connectivity index (χ2v) is 4.87. The van der Waals surface area contributed by atoms with Gasteiger partial charge in [-0.25, -0.2) is 4.99 Å². The van der Waals surface area contributed by atoms with Crippen LogP contribution in [0, 0.1) is 0 Å². The van der Waals surface area contributed by atoms with Crippen LogP contribution in [0.15, 0.2) is 9.98 Å². The summed E-state index contributed by atoms with van der Waals surface area (Å²) in [6.45, 7) is 0. The van der Waals surface area contributed by atoms with Crippen LogP contribution in [0.3, 0.4) is 0 Å². The van der Waals surface area contributed by atoms with Gasteiger partial charge in [0.05, 0.1) is 18.6 Å². The summed E-state index contributed by atoms with van der Waals surface area (Å²) in [5.41, 5.74) is 0. The molecule has 0 radical (unpaired) electrons. The van der Waals surface area contributed by atoms with E-state index in [2.05, 4.69) is 15.3 Å². The fourth-order valence-corrected chi connectivity index (χ4v) is 2.66. The fourth-order valence-electron chi connectivity index (χ4n) is 2.40. The van der Waals surface area contributed by atoms with Gasteiger partial charge in [-0.2, -0.15) is 0 Å². The van der Waals surface area contributed by atoms with E-state index in [4.69, 9.17) is 16.3 Å². The van der Waals surface area contributed by atoms with Crippen molar-refractivity contribution in [1.82, 2.24) is 10.2 Å². The second-order valence-electron chi connectivity index (χ2n) is 4.56. The summed E-state index contributed by atoms with van der Waals surface area (Å²) in [6, 6.07) is -0.659. The van der Waals surface area contributed by atoms with Gasteiger partial charge < -0.3 is 25.2 Å². The lowest BCUT2D eigenvalue weighted by atomic mass is 10.1. The minimum atomic E-state index is -1.13. The van der Waals surface area contributed by atoms with Gasteiger partial charge in [0, 0.05) is 0 Å². The van der Waals surface area contributed by atoms with Gasteiger partial charge in [-0.3, -0.25) is 9.79 Å². The van der Waals surface area contributed by atoms with Crippen molar-refractivity contribution in [1.29, 1.82) is 0 Å². The zero-order valence-corrected chi connectivity index (χ0v) is 10.5. The van der Waals surface area contributed by atoms with E-state index < -0.39 is 36.7 Å². The first-order valence-electron chi connectivity index (χ1n) is 5.84. The van der Waals surface area contributed by atoms with Crippen molar-refractivity contribution in [3.05, 3.63) is 0 Å². The summed E-state index contributed by atoms with van der Waals surface area (Å²) in [7, 11) is 0. The number of halogens is 1. The van der Waals surface area contributed by atoms with E-state index in [0.717, 1.165) is 0 Å². The number of ether oxygens (including phenoxy) is 1. The van der Waals surface area contributed by atoms with Gasteiger partial charge in [0.1, 0.15) is 18.3 Å². The Morgan fingerprint density at radius 3 is 2.89 bits per heavy atom. The zero-order chi connectivity index (χ0) is 13.6. The first-order chi connectivity index (χ1) is 9.13. The summed E-state index contributed by atoms with van der Waals surface area (Å²) in [4.78, 5) is 21.3. The minimum Gasteiger partial charge on any atom is -0.387 e. The number of carbonyl (C=O) groups is 1. The third kappa shape index (κ3) is 1.91. The van der Waals surface area contributed by atoms with E-state index in [-0.39, 0.29) is 11.8 Å². The Balaban J connectivity index is 1.81. The number of aliphatic hydroxyl groups is 2. The quantitative estimate of drug-likeness (QED) is 0.503. The van der Waals surface area contributed by atoms with Crippen LogP contribution in [0.25, 0.3) is 0 Å². The molecule has 3 aliphatic heterocycles. The van der Waals surface area contributed by atoms with E-state index in [1.165, 1.54) is 17.6 Å². The van der Waals surface area contributed by atoms with Crippen molar-refractivity contribution in [3.63, 3.8) is 0 Å². The lowest BCUT2D eigenvalue weighted by molar-refractivity contribution is -0.123. The maximum atomic E-state index is 11.6. The molecule has 3 heterocycles. The van der Waals surface area contributed by atoms with Gasteiger partial charge in [-0.05, 0) is 0 Å². The maximum Gasteiger partial charge on any atom is 0.254 e. The van der Waals surface area contributed by atoms with E-state index in [1.54, 1.807) is 0 Å². The van der Waals surface area contributed by atoms with Crippen molar-refractivity contribution in [2.24, 2.45) is 9.98 Å². The summed E-state index contributed by atoms with van der Waals surface area (Å²) in [6.07, 6.45) is -1.53. The Morgan fingerprint density at radius 2 is 2.21 bits per heavy atom. The number of rotatable bonds is 2. The summed E-state index contributed by atoms with van der Waals surface area (Å²) in [5.74, 6) is -0.196. The van der Waals surface area contributed by atoms with Crippen LogP contribution in [-0.4, -0.2) is 76.3 Å². The van der Waals surface area contributed by atoms with Crippen LogP contribution < -0.4 is 5.32 Å². The molecule has 1 saturated heterocycles. The number of amides is 1. The highest BCUT2D eigenvalue weighted by molar-refractivity contribution is 6.18. The second kappa shape index (κ2) is 4.71. The SMILES string of the molecule is O=C1NC=NC2C1N=CN2C1OC(CCl)C(O)C1O. The lowest BCUT2D eigenvalue weighted by Crippen LogP contribution is -2.53. The minimum absolute atomic E-state index is 0.0670. The van der Waals surface area contributed by atoms with Gasteiger partial charge in [-0.1, -0.05) is 0 Å². The van der Waals surface area contributed by atoms with Gasteiger partial charge in [0.25, 0.3) is 5.91 Å². The van der Waals surface area contributed by atoms with Gasteiger partial charge in [-0.15, -0.1) is 11.6 Å². The molecule has 3 N–H and O–H groups in total. The molecular formula is C10H13ClN4O4. The van der Waals surface area contributed by atoms with Crippen molar-refractivity contribution in [3.8, 4) is 0 Å². The highest BCUT2D eigenvalue weighted by atomic mass is 35.5. The largest absolute Gasteiger partial charge is 0.387 e. The number of nitrogens with zero attached hydrogens (tertiary/aromatic N) is 3. The number of hydrogen-bond acceptors (Lipinski definition) is 7. The molecule has 0 aromatic heterocycles. The van der Waals surface area contributed by atoms with E-state index in [9.17, 15) is 15.0 Å². The average molecular weight is 289 g/mol. The predicted octanol–water partition coefficient (Wildman–Crippen LogP) is -2.13. The third-order valence-corrected chi connectivity index (χ3v) is 3.74. The molecule has 0 bridgehead atoms. The Kier molecular flexibility index (Phi) is 3.17. The molecule has 0 spiro atoms. The fraction of sp³-hybridized carbons (Fsp3) is 0.700. The summed E-state index contributed by atoms with van der Waals surface area (Å²) >= 11 is 5.66. The van der Waals surface area contributed by atoms with Crippen LogP contribution in [0.1, 0.15) is 0 Å². The molecule has 3 aliphatic rings. The summed E-state index contributed by atoms with van der Waals surface area (Å²) < 4.78 is 5.50. The molecule has 0 aliphatic carbocycles. The van der Waals surface area contributed by atoms with E-state index in [0.29, 0.717) is 0 Å². The number of fused-ring (bicyclic) bond motifs is 1. The van der Waals surface area contributed by atoms with Crippen molar-refractivity contribution in [2.45, 2.75) is 36.7 Å². The molecule has 9 heteroatoms. The monoisotopic (exact) mass is 288 g/mol. The number of hydrogen-bond donors (Lipinski definition) is 3. The van der Waals surface area contributed by atoms with Crippen molar-refractivity contribution < 1.29 is 19.7 Å².